The Kier molecular flexibility index (Phi) is 5.96. The molecule has 0 N–H and O–H groups in total. The minimum atomic E-state index is -1.67. The number of aromatic nitrogens is 1. The van der Waals surface area contributed by atoms with E-state index in [1.165, 1.54) is 76.1 Å². The van der Waals surface area contributed by atoms with Crippen molar-refractivity contribution in [2.24, 2.45) is 13.0 Å². The maximum Gasteiger partial charge on any atom is 0.216 e. The highest BCUT2D eigenvalue weighted by atomic mass is 28.3. The molecule has 0 saturated heterocycles. The molecule has 0 radical (unpaired) electrons. The van der Waals surface area contributed by atoms with E-state index in [1.807, 2.05) is 18.2 Å². The van der Waals surface area contributed by atoms with Gasteiger partial charge in [0.15, 0.2) is 5.69 Å². The van der Waals surface area contributed by atoms with Crippen LogP contribution in [0.4, 0.5) is 5.69 Å². The van der Waals surface area contributed by atoms with Crippen LogP contribution in [-0.2, 0) is 13.5 Å². The first kappa shape index (κ1) is 24.9. The maximum absolute atomic E-state index is 7.45. The summed E-state index contributed by atoms with van der Waals surface area (Å²) in [7, 11) is 0.532. The van der Waals surface area contributed by atoms with E-state index in [1.54, 1.807) is 0 Å². The lowest BCUT2D eigenvalue weighted by Crippen LogP contribution is -2.43. The Morgan fingerprint density at radius 1 is 0.947 bits per heavy atom. The first-order chi connectivity index (χ1) is 18.2. The standard InChI is InChI=1S/C34H37N2OSi/c1-21-16-27-26-14-13-25(35-3)19-31(26)37-34(27)33(22(21)2)30-20-32(38(5,6)7)28-18-24(12-15-29(28)36(30)4)17-23-10-8-9-11-23/h12-16,18-20,23H,8-11,17H2,1-2,4-7H3/q+1. The lowest BCUT2D eigenvalue weighted by Gasteiger charge is -2.21. The molecule has 1 aliphatic carbocycles. The van der Waals surface area contributed by atoms with E-state index >= 15 is 0 Å². The van der Waals surface area contributed by atoms with Crippen LogP contribution in [0.3, 0.4) is 0 Å². The topological polar surface area (TPSA) is 21.4 Å². The molecular formula is C34H37N2OSi+. The Hall–Kier alpha value is -3.42. The molecule has 4 heteroatoms. The summed E-state index contributed by atoms with van der Waals surface area (Å²) in [5, 5.41) is 5.12. The molecule has 2 aromatic heterocycles. The van der Waals surface area contributed by atoms with Crippen LogP contribution in [-0.4, -0.2) is 8.07 Å². The summed E-state index contributed by atoms with van der Waals surface area (Å²) in [6.07, 6.45) is 6.74. The summed E-state index contributed by atoms with van der Waals surface area (Å²) in [6.45, 7) is 19.2. The van der Waals surface area contributed by atoms with E-state index in [-0.39, 0.29) is 0 Å². The molecule has 0 bridgehead atoms. The van der Waals surface area contributed by atoms with Gasteiger partial charge in [0.2, 0.25) is 11.2 Å². The third kappa shape index (κ3) is 4.05. The van der Waals surface area contributed by atoms with Crippen LogP contribution in [0.2, 0.25) is 19.6 Å². The van der Waals surface area contributed by atoms with Crippen molar-refractivity contribution in [2.45, 2.75) is 65.6 Å². The SMILES string of the molecule is [C-]#[N+]c1ccc2c(c1)oc1c(-c3cc([Si](C)(C)C)c4cc(CC5CCCC5)ccc4[n+]3C)c(C)c(C)cc12. The van der Waals surface area contributed by atoms with Crippen molar-refractivity contribution >= 4 is 51.8 Å². The first-order valence-electron chi connectivity index (χ1n) is 14.0. The molecule has 1 fully saturated rings. The van der Waals surface area contributed by atoms with Gasteiger partial charge in [0, 0.05) is 28.3 Å². The fourth-order valence-corrected chi connectivity index (χ4v) is 8.15. The largest absolute Gasteiger partial charge is 0.456 e. The Bertz CT molecular complexity index is 1780. The van der Waals surface area contributed by atoms with Gasteiger partial charge in [-0.25, -0.2) is 4.85 Å². The lowest BCUT2D eigenvalue weighted by molar-refractivity contribution is -0.633. The summed E-state index contributed by atoms with van der Waals surface area (Å²) in [4.78, 5) is 3.62. The molecule has 192 valence electrons. The second-order valence-corrected chi connectivity index (χ2v) is 17.5. The molecule has 6 rings (SSSR count). The summed E-state index contributed by atoms with van der Waals surface area (Å²) in [5.41, 5.74) is 9.95. The molecule has 0 amide bonds. The molecule has 5 aromatic rings. The molecule has 3 nitrogen and oxygen atoms in total. The zero-order valence-electron chi connectivity index (χ0n) is 23.5. The summed E-state index contributed by atoms with van der Waals surface area (Å²) >= 11 is 0. The van der Waals surface area contributed by atoms with Gasteiger partial charge in [-0.05, 0) is 66.3 Å². The van der Waals surface area contributed by atoms with E-state index in [0.717, 1.165) is 27.9 Å². The second-order valence-electron chi connectivity index (χ2n) is 12.4. The van der Waals surface area contributed by atoms with Crippen molar-refractivity contribution in [2.75, 3.05) is 0 Å². The average Bonchev–Trinajstić information content (AvgIpc) is 3.52. The fourth-order valence-electron chi connectivity index (χ4n) is 6.57. The third-order valence-corrected chi connectivity index (χ3v) is 10.8. The van der Waals surface area contributed by atoms with Crippen molar-refractivity contribution in [1.82, 2.24) is 0 Å². The normalized spacial score (nSPS) is 14.7. The molecule has 2 heterocycles. The van der Waals surface area contributed by atoms with E-state index in [9.17, 15) is 0 Å². The van der Waals surface area contributed by atoms with Crippen LogP contribution in [0, 0.1) is 26.3 Å². The molecule has 0 spiro atoms. The summed E-state index contributed by atoms with van der Waals surface area (Å²) < 4.78 is 8.93. The zero-order valence-corrected chi connectivity index (χ0v) is 24.5. The van der Waals surface area contributed by atoms with Crippen LogP contribution < -0.4 is 9.75 Å². The number of hydrogen-bond acceptors (Lipinski definition) is 1. The number of hydrogen-bond donors (Lipinski definition) is 0. The van der Waals surface area contributed by atoms with Crippen molar-refractivity contribution in [3.8, 4) is 11.3 Å². The number of rotatable bonds is 4. The number of pyridine rings is 1. The van der Waals surface area contributed by atoms with Gasteiger partial charge in [0.25, 0.3) is 0 Å². The Labute approximate surface area is 226 Å². The molecule has 1 aliphatic rings. The van der Waals surface area contributed by atoms with Crippen LogP contribution in [0.25, 0.3) is 48.9 Å². The highest BCUT2D eigenvalue weighted by molar-refractivity contribution is 6.90. The van der Waals surface area contributed by atoms with Crippen molar-refractivity contribution < 1.29 is 8.98 Å². The van der Waals surface area contributed by atoms with Gasteiger partial charge < -0.3 is 4.42 Å². The molecular weight excluding hydrogens is 480 g/mol. The highest BCUT2D eigenvalue weighted by Gasteiger charge is 2.30. The van der Waals surface area contributed by atoms with Crippen molar-refractivity contribution in [3.05, 3.63) is 76.6 Å². The average molecular weight is 518 g/mol. The van der Waals surface area contributed by atoms with E-state index in [0.29, 0.717) is 5.69 Å². The van der Waals surface area contributed by atoms with Crippen LogP contribution in [0.5, 0.6) is 0 Å². The van der Waals surface area contributed by atoms with Gasteiger partial charge in [0.1, 0.15) is 18.2 Å². The Morgan fingerprint density at radius 3 is 2.42 bits per heavy atom. The molecule has 38 heavy (non-hydrogen) atoms. The van der Waals surface area contributed by atoms with Gasteiger partial charge in [-0.1, -0.05) is 63.5 Å². The summed E-state index contributed by atoms with van der Waals surface area (Å²) in [6, 6.07) is 17.7. The second kappa shape index (κ2) is 9.10. The third-order valence-electron chi connectivity index (χ3n) is 8.81. The van der Waals surface area contributed by atoms with Crippen molar-refractivity contribution in [1.29, 1.82) is 0 Å². The predicted molar refractivity (Wildman–Crippen MR) is 162 cm³/mol. The monoisotopic (exact) mass is 517 g/mol. The molecule has 0 aliphatic heterocycles. The molecule has 0 unspecified atom stereocenters. The van der Waals surface area contributed by atoms with Gasteiger partial charge >= 0.3 is 0 Å². The quantitative estimate of drug-likeness (QED) is 0.133. The van der Waals surface area contributed by atoms with Crippen LogP contribution in [0.15, 0.2) is 52.9 Å². The predicted octanol–water partition coefficient (Wildman–Crippen LogP) is 8.68. The molecule has 1 saturated carbocycles. The number of nitrogens with zero attached hydrogens (tertiary/aromatic N) is 2. The molecule has 3 aromatic carbocycles. The van der Waals surface area contributed by atoms with Gasteiger partial charge in [-0.15, -0.1) is 0 Å². The minimum Gasteiger partial charge on any atom is -0.456 e. The zero-order chi connectivity index (χ0) is 26.8. The minimum absolute atomic E-state index is 0.609. The lowest BCUT2D eigenvalue weighted by atomic mass is 9.94. The number of fused-ring (bicyclic) bond motifs is 4. The smallest absolute Gasteiger partial charge is 0.216 e. The van der Waals surface area contributed by atoms with E-state index in [4.69, 9.17) is 11.0 Å². The maximum atomic E-state index is 7.45. The first-order valence-corrected chi connectivity index (χ1v) is 17.5. The fraction of sp³-hybridized carbons (Fsp3) is 0.353. The number of furan rings is 1. The van der Waals surface area contributed by atoms with Crippen LogP contribution in [0.1, 0.15) is 42.4 Å². The van der Waals surface area contributed by atoms with Gasteiger partial charge in [0.05, 0.1) is 20.2 Å². The van der Waals surface area contributed by atoms with Crippen LogP contribution >= 0.6 is 0 Å². The van der Waals surface area contributed by atoms with Gasteiger partial charge in [-0.2, -0.15) is 4.57 Å². The number of benzene rings is 3. The van der Waals surface area contributed by atoms with Gasteiger partial charge in [-0.3, -0.25) is 0 Å². The van der Waals surface area contributed by atoms with E-state index < -0.39 is 8.07 Å². The summed E-state index contributed by atoms with van der Waals surface area (Å²) in [5.74, 6) is 0.843. The van der Waals surface area contributed by atoms with Crippen molar-refractivity contribution in [3.63, 3.8) is 0 Å². The number of aryl methyl sites for hydroxylation is 2. The Balaban J connectivity index is 1.63. The van der Waals surface area contributed by atoms with E-state index in [2.05, 4.69) is 80.3 Å². The molecule has 0 atom stereocenters. The highest BCUT2D eigenvalue weighted by Crippen LogP contribution is 2.40. The Morgan fingerprint density at radius 2 is 1.71 bits per heavy atom.